The molecule has 1 aromatic carbocycles. The molecule has 0 radical (unpaired) electrons. The molecule has 2 heterocycles. The van der Waals surface area contributed by atoms with Gasteiger partial charge in [0.15, 0.2) is 0 Å². The van der Waals surface area contributed by atoms with Crippen molar-refractivity contribution in [3.63, 3.8) is 0 Å². The van der Waals surface area contributed by atoms with Crippen LogP contribution in [0.2, 0.25) is 5.15 Å². The molecular weight excluding hydrogens is 270 g/mol. The van der Waals surface area contributed by atoms with Gasteiger partial charge in [-0.05, 0) is 37.1 Å². The van der Waals surface area contributed by atoms with Crippen molar-refractivity contribution in [1.82, 2.24) is 4.98 Å². The van der Waals surface area contributed by atoms with Gasteiger partial charge in [0, 0.05) is 24.8 Å². The van der Waals surface area contributed by atoms with Crippen molar-refractivity contribution in [2.24, 2.45) is 0 Å². The number of pyridine rings is 1. The van der Waals surface area contributed by atoms with Gasteiger partial charge in [-0.15, -0.1) is 0 Å². The van der Waals surface area contributed by atoms with E-state index in [9.17, 15) is 0 Å². The van der Waals surface area contributed by atoms with Crippen LogP contribution in [0.3, 0.4) is 0 Å². The van der Waals surface area contributed by atoms with Crippen molar-refractivity contribution < 1.29 is 0 Å². The summed E-state index contributed by atoms with van der Waals surface area (Å²) in [5.41, 5.74) is 2.37. The van der Waals surface area contributed by atoms with E-state index < -0.39 is 0 Å². The summed E-state index contributed by atoms with van der Waals surface area (Å²) in [6, 6.07) is 14.9. The molecule has 20 heavy (non-hydrogen) atoms. The van der Waals surface area contributed by atoms with Crippen molar-refractivity contribution >= 4 is 23.0 Å². The van der Waals surface area contributed by atoms with Gasteiger partial charge in [0.1, 0.15) is 5.15 Å². The van der Waals surface area contributed by atoms with E-state index in [1.807, 2.05) is 12.1 Å². The molecule has 3 nitrogen and oxygen atoms in total. The van der Waals surface area contributed by atoms with Crippen LogP contribution >= 0.6 is 11.6 Å². The molecule has 1 N–H and O–H groups in total. The maximum atomic E-state index is 5.80. The number of benzene rings is 1. The van der Waals surface area contributed by atoms with Crippen LogP contribution in [0.15, 0.2) is 48.7 Å². The third kappa shape index (κ3) is 3.23. The minimum atomic E-state index is 0.512. The first-order chi connectivity index (χ1) is 9.81. The molecule has 0 unspecified atom stereocenters. The molecular formula is C16H18ClN3. The Kier molecular flexibility index (Phi) is 4.07. The Morgan fingerprint density at radius 1 is 1.05 bits per heavy atom. The van der Waals surface area contributed by atoms with Crippen molar-refractivity contribution in [2.75, 3.05) is 23.3 Å². The molecule has 1 saturated heterocycles. The maximum absolute atomic E-state index is 5.80. The summed E-state index contributed by atoms with van der Waals surface area (Å²) in [4.78, 5) is 6.54. The summed E-state index contributed by atoms with van der Waals surface area (Å²) in [5, 5.41) is 4.07. The van der Waals surface area contributed by atoms with E-state index in [0.717, 1.165) is 31.6 Å². The van der Waals surface area contributed by atoms with E-state index in [1.165, 1.54) is 5.69 Å². The number of aromatic nitrogens is 1. The summed E-state index contributed by atoms with van der Waals surface area (Å²) in [5.74, 6) is 0. The SMILES string of the molecule is Clc1ccc(NC2CCN(c3ccccc3)CC2)cn1. The highest BCUT2D eigenvalue weighted by molar-refractivity contribution is 6.29. The Morgan fingerprint density at radius 2 is 1.80 bits per heavy atom. The van der Waals surface area contributed by atoms with E-state index in [1.54, 1.807) is 6.20 Å². The zero-order chi connectivity index (χ0) is 13.8. The Balaban J connectivity index is 1.55. The molecule has 0 amide bonds. The van der Waals surface area contributed by atoms with Crippen LogP contribution < -0.4 is 10.2 Å². The van der Waals surface area contributed by atoms with Gasteiger partial charge in [0.25, 0.3) is 0 Å². The van der Waals surface area contributed by atoms with Crippen molar-refractivity contribution in [3.05, 3.63) is 53.8 Å². The lowest BCUT2D eigenvalue weighted by Crippen LogP contribution is -2.39. The van der Waals surface area contributed by atoms with Gasteiger partial charge in [-0.25, -0.2) is 4.98 Å². The highest BCUT2D eigenvalue weighted by Crippen LogP contribution is 2.21. The van der Waals surface area contributed by atoms with E-state index in [4.69, 9.17) is 11.6 Å². The Morgan fingerprint density at radius 3 is 2.45 bits per heavy atom. The number of nitrogens with zero attached hydrogens (tertiary/aromatic N) is 2. The van der Waals surface area contributed by atoms with Gasteiger partial charge in [0.05, 0.1) is 11.9 Å². The normalized spacial score (nSPS) is 16.1. The number of rotatable bonds is 3. The second kappa shape index (κ2) is 6.14. The summed E-state index contributed by atoms with van der Waals surface area (Å²) < 4.78 is 0. The molecule has 1 aromatic heterocycles. The van der Waals surface area contributed by atoms with Gasteiger partial charge < -0.3 is 10.2 Å². The summed E-state index contributed by atoms with van der Waals surface area (Å²) >= 11 is 5.80. The van der Waals surface area contributed by atoms with Gasteiger partial charge in [-0.3, -0.25) is 0 Å². The molecule has 3 rings (SSSR count). The van der Waals surface area contributed by atoms with E-state index in [-0.39, 0.29) is 0 Å². The van der Waals surface area contributed by atoms with E-state index >= 15 is 0 Å². The molecule has 0 saturated carbocycles. The first-order valence-corrected chi connectivity index (χ1v) is 7.37. The van der Waals surface area contributed by atoms with Crippen LogP contribution in [-0.4, -0.2) is 24.1 Å². The lowest BCUT2D eigenvalue weighted by Gasteiger charge is -2.34. The van der Waals surface area contributed by atoms with Gasteiger partial charge in [0.2, 0.25) is 0 Å². The second-order valence-electron chi connectivity index (χ2n) is 5.11. The first kappa shape index (κ1) is 13.3. The number of hydrogen-bond acceptors (Lipinski definition) is 3. The molecule has 0 atom stereocenters. The minimum absolute atomic E-state index is 0.512. The number of hydrogen-bond donors (Lipinski definition) is 1. The van der Waals surface area contributed by atoms with Crippen LogP contribution in [0.25, 0.3) is 0 Å². The Hall–Kier alpha value is -1.74. The predicted octanol–water partition coefficient (Wildman–Crippen LogP) is 3.82. The second-order valence-corrected chi connectivity index (χ2v) is 5.50. The Bertz CT molecular complexity index is 533. The molecule has 1 aliphatic heterocycles. The quantitative estimate of drug-likeness (QED) is 0.870. The highest BCUT2D eigenvalue weighted by Gasteiger charge is 2.19. The van der Waals surface area contributed by atoms with Crippen molar-refractivity contribution in [2.45, 2.75) is 18.9 Å². The Labute approximate surface area is 124 Å². The third-order valence-corrected chi connectivity index (χ3v) is 3.94. The van der Waals surface area contributed by atoms with Gasteiger partial charge in [-0.1, -0.05) is 29.8 Å². The largest absolute Gasteiger partial charge is 0.381 e. The molecule has 0 aliphatic carbocycles. The van der Waals surface area contributed by atoms with Gasteiger partial charge >= 0.3 is 0 Å². The predicted molar refractivity (Wildman–Crippen MR) is 84.5 cm³/mol. The topological polar surface area (TPSA) is 28.2 Å². The monoisotopic (exact) mass is 287 g/mol. The molecule has 1 fully saturated rings. The third-order valence-electron chi connectivity index (χ3n) is 3.71. The number of nitrogens with one attached hydrogen (secondary N) is 1. The minimum Gasteiger partial charge on any atom is -0.381 e. The summed E-state index contributed by atoms with van der Waals surface area (Å²) in [7, 11) is 0. The molecule has 4 heteroatoms. The standard InChI is InChI=1S/C16H18ClN3/c17-16-7-6-14(12-18-16)19-13-8-10-20(11-9-13)15-4-2-1-3-5-15/h1-7,12-13,19H,8-11H2. The number of halogens is 1. The zero-order valence-corrected chi connectivity index (χ0v) is 12.1. The number of anilines is 2. The summed E-state index contributed by atoms with van der Waals surface area (Å²) in [6.07, 6.45) is 4.07. The van der Waals surface area contributed by atoms with E-state index in [0.29, 0.717) is 11.2 Å². The van der Waals surface area contributed by atoms with Crippen LogP contribution in [0.4, 0.5) is 11.4 Å². The molecule has 0 spiro atoms. The molecule has 1 aliphatic rings. The maximum Gasteiger partial charge on any atom is 0.129 e. The zero-order valence-electron chi connectivity index (χ0n) is 11.3. The van der Waals surface area contributed by atoms with Crippen LogP contribution in [0, 0.1) is 0 Å². The van der Waals surface area contributed by atoms with E-state index in [2.05, 4.69) is 45.5 Å². The fraction of sp³-hybridized carbons (Fsp3) is 0.312. The van der Waals surface area contributed by atoms with Crippen LogP contribution in [-0.2, 0) is 0 Å². The van der Waals surface area contributed by atoms with Crippen LogP contribution in [0.5, 0.6) is 0 Å². The molecule has 0 bridgehead atoms. The summed E-state index contributed by atoms with van der Waals surface area (Å²) in [6.45, 7) is 2.17. The van der Waals surface area contributed by atoms with Crippen LogP contribution in [0.1, 0.15) is 12.8 Å². The molecule has 2 aromatic rings. The number of piperidine rings is 1. The highest BCUT2D eigenvalue weighted by atomic mass is 35.5. The average Bonchev–Trinajstić information content (AvgIpc) is 2.51. The fourth-order valence-electron chi connectivity index (χ4n) is 2.62. The number of para-hydroxylation sites is 1. The lowest BCUT2D eigenvalue weighted by molar-refractivity contribution is 0.526. The fourth-order valence-corrected chi connectivity index (χ4v) is 2.73. The van der Waals surface area contributed by atoms with Gasteiger partial charge in [-0.2, -0.15) is 0 Å². The van der Waals surface area contributed by atoms with Crippen molar-refractivity contribution in [3.8, 4) is 0 Å². The lowest BCUT2D eigenvalue weighted by atomic mass is 10.0. The first-order valence-electron chi connectivity index (χ1n) is 6.99. The molecule has 104 valence electrons. The smallest absolute Gasteiger partial charge is 0.129 e. The average molecular weight is 288 g/mol. The van der Waals surface area contributed by atoms with Crippen molar-refractivity contribution in [1.29, 1.82) is 0 Å².